The molecular formula is C20H19N5O2. The summed E-state index contributed by atoms with van der Waals surface area (Å²) in [5.74, 6) is -0.190. The van der Waals surface area contributed by atoms with Gasteiger partial charge in [-0.25, -0.2) is 4.68 Å². The molecule has 7 heteroatoms. The van der Waals surface area contributed by atoms with Crippen molar-refractivity contribution in [3.05, 3.63) is 72.1 Å². The predicted molar refractivity (Wildman–Crippen MR) is 101 cm³/mol. The van der Waals surface area contributed by atoms with Crippen LogP contribution in [0.25, 0.3) is 0 Å². The van der Waals surface area contributed by atoms with E-state index in [4.69, 9.17) is 0 Å². The number of aromatic nitrogens is 3. The third-order valence-corrected chi connectivity index (χ3v) is 4.29. The van der Waals surface area contributed by atoms with Gasteiger partial charge in [-0.05, 0) is 36.6 Å². The van der Waals surface area contributed by atoms with Crippen LogP contribution in [0.3, 0.4) is 0 Å². The third-order valence-electron chi connectivity index (χ3n) is 4.29. The summed E-state index contributed by atoms with van der Waals surface area (Å²) in [4.78, 5) is 24.3. The van der Waals surface area contributed by atoms with Gasteiger partial charge < -0.3 is 10.6 Å². The first-order valence-corrected chi connectivity index (χ1v) is 8.84. The topological polar surface area (TPSA) is 88.9 Å². The number of nitrogens with zero attached hydrogens (tertiary/aromatic N) is 3. The van der Waals surface area contributed by atoms with E-state index in [1.807, 2.05) is 30.3 Å². The number of benzene rings is 2. The highest BCUT2D eigenvalue weighted by molar-refractivity contribution is 6.03. The summed E-state index contributed by atoms with van der Waals surface area (Å²) in [6.07, 6.45) is 3.50. The average molecular weight is 361 g/mol. The zero-order chi connectivity index (χ0) is 18.6. The molecule has 27 heavy (non-hydrogen) atoms. The zero-order valence-electron chi connectivity index (χ0n) is 14.6. The summed E-state index contributed by atoms with van der Waals surface area (Å²) in [7, 11) is 0. The standard InChI is InChI=1S/C20H19N5O2/c26-19(15-9-10-15)21-16-7-4-8-17(11-16)22-20(27)18-13-25(24-23-18)12-14-5-2-1-3-6-14/h1-8,11,13,15H,9-10,12H2,(H,21,26)(H,22,27). The van der Waals surface area contributed by atoms with Crippen molar-refractivity contribution >= 4 is 23.2 Å². The summed E-state index contributed by atoms with van der Waals surface area (Å²) in [6.45, 7) is 0.545. The monoisotopic (exact) mass is 361 g/mol. The minimum Gasteiger partial charge on any atom is -0.326 e. The number of nitrogens with one attached hydrogen (secondary N) is 2. The molecule has 0 radical (unpaired) electrons. The highest BCUT2D eigenvalue weighted by Gasteiger charge is 2.29. The first-order valence-electron chi connectivity index (χ1n) is 8.84. The van der Waals surface area contributed by atoms with Gasteiger partial charge in [0.2, 0.25) is 5.91 Å². The number of hydrogen-bond donors (Lipinski definition) is 2. The van der Waals surface area contributed by atoms with Crippen LogP contribution in [0.4, 0.5) is 11.4 Å². The third kappa shape index (κ3) is 4.38. The van der Waals surface area contributed by atoms with E-state index in [9.17, 15) is 9.59 Å². The molecule has 2 N–H and O–H groups in total. The van der Waals surface area contributed by atoms with Crippen LogP contribution in [0.15, 0.2) is 60.8 Å². The highest BCUT2D eigenvalue weighted by Crippen LogP contribution is 2.30. The molecule has 1 aliphatic carbocycles. The van der Waals surface area contributed by atoms with Gasteiger partial charge >= 0.3 is 0 Å². The van der Waals surface area contributed by atoms with Crippen LogP contribution in [0.5, 0.6) is 0 Å². The number of carbonyl (C=O) groups excluding carboxylic acids is 2. The van der Waals surface area contributed by atoms with E-state index < -0.39 is 0 Å². The van der Waals surface area contributed by atoms with Crippen molar-refractivity contribution < 1.29 is 9.59 Å². The maximum Gasteiger partial charge on any atom is 0.277 e. The number of rotatable bonds is 6. The van der Waals surface area contributed by atoms with Crippen molar-refractivity contribution in [2.75, 3.05) is 10.6 Å². The highest BCUT2D eigenvalue weighted by atomic mass is 16.2. The smallest absolute Gasteiger partial charge is 0.277 e. The van der Waals surface area contributed by atoms with Crippen molar-refractivity contribution in [1.29, 1.82) is 0 Å². The molecule has 0 unspecified atom stereocenters. The fourth-order valence-corrected chi connectivity index (χ4v) is 2.71. The molecule has 2 aromatic carbocycles. The van der Waals surface area contributed by atoms with E-state index in [0.29, 0.717) is 17.9 Å². The van der Waals surface area contributed by atoms with Crippen LogP contribution in [0, 0.1) is 5.92 Å². The molecule has 1 fully saturated rings. The second-order valence-corrected chi connectivity index (χ2v) is 6.59. The first kappa shape index (κ1) is 17.0. The number of carbonyl (C=O) groups is 2. The maximum atomic E-state index is 12.4. The Balaban J connectivity index is 1.39. The average Bonchev–Trinajstić information content (AvgIpc) is 3.42. The van der Waals surface area contributed by atoms with E-state index in [0.717, 1.165) is 18.4 Å². The van der Waals surface area contributed by atoms with Gasteiger partial charge in [-0.3, -0.25) is 9.59 Å². The lowest BCUT2D eigenvalue weighted by Crippen LogP contribution is -2.15. The van der Waals surface area contributed by atoms with Crippen LogP contribution < -0.4 is 10.6 Å². The number of amides is 2. The van der Waals surface area contributed by atoms with Gasteiger partial charge in [0.15, 0.2) is 5.69 Å². The Hall–Kier alpha value is -3.48. The predicted octanol–water partition coefficient (Wildman–Crippen LogP) is 2.93. The van der Waals surface area contributed by atoms with E-state index in [2.05, 4.69) is 20.9 Å². The molecule has 1 heterocycles. The van der Waals surface area contributed by atoms with Gasteiger partial charge in [0.1, 0.15) is 0 Å². The molecule has 0 saturated heterocycles. The zero-order valence-corrected chi connectivity index (χ0v) is 14.6. The molecule has 4 rings (SSSR count). The fourth-order valence-electron chi connectivity index (χ4n) is 2.71. The largest absolute Gasteiger partial charge is 0.326 e. The normalized spacial score (nSPS) is 13.2. The first-order chi connectivity index (χ1) is 13.2. The Bertz CT molecular complexity index is 963. The van der Waals surface area contributed by atoms with Crippen molar-refractivity contribution in [3.63, 3.8) is 0 Å². The van der Waals surface area contributed by atoms with Crippen molar-refractivity contribution in [2.45, 2.75) is 19.4 Å². The molecule has 7 nitrogen and oxygen atoms in total. The lowest BCUT2D eigenvalue weighted by Gasteiger charge is -2.07. The minimum absolute atomic E-state index is 0.0299. The summed E-state index contributed by atoms with van der Waals surface area (Å²) in [6, 6.07) is 16.9. The van der Waals surface area contributed by atoms with Crippen molar-refractivity contribution in [1.82, 2.24) is 15.0 Å². The molecule has 136 valence electrons. The lowest BCUT2D eigenvalue weighted by molar-refractivity contribution is -0.117. The van der Waals surface area contributed by atoms with Gasteiger partial charge in [0.25, 0.3) is 5.91 Å². The second-order valence-electron chi connectivity index (χ2n) is 6.59. The van der Waals surface area contributed by atoms with Crippen LogP contribution >= 0.6 is 0 Å². The molecule has 0 atom stereocenters. The fraction of sp³-hybridized carbons (Fsp3) is 0.200. The molecule has 2 amide bonds. The van der Waals surface area contributed by atoms with E-state index >= 15 is 0 Å². The second kappa shape index (κ2) is 7.41. The molecule has 0 spiro atoms. The van der Waals surface area contributed by atoms with Crippen molar-refractivity contribution in [2.24, 2.45) is 5.92 Å². The van der Waals surface area contributed by atoms with Gasteiger partial charge in [-0.2, -0.15) is 0 Å². The summed E-state index contributed by atoms with van der Waals surface area (Å²) in [5, 5.41) is 13.6. The Morgan fingerprint density at radius 1 is 1.00 bits per heavy atom. The molecule has 1 aromatic heterocycles. The maximum absolute atomic E-state index is 12.4. The minimum atomic E-state index is -0.347. The molecule has 3 aromatic rings. The van der Waals surface area contributed by atoms with E-state index in [-0.39, 0.29) is 23.4 Å². The Kier molecular flexibility index (Phi) is 4.65. The molecule has 0 bridgehead atoms. The van der Waals surface area contributed by atoms with Crippen LogP contribution in [-0.4, -0.2) is 26.8 Å². The summed E-state index contributed by atoms with van der Waals surface area (Å²) < 4.78 is 1.62. The van der Waals surface area contributed by atoms with E-state index in [1.54, 1.807) is 35.1 Å². The quantitative estimate of drug-likeness (QED) is 0.706. The lowest BCUT2D eigenvalue weighted by atomic mass is 10.2. The van der Waals surface area contributed by atoms with Crippen LogP contribution in [0.1, 0.15) is 28.9 Å². The molecule has 0 aliphatic heterocycles. The van der Waals surface area contributed by atoms with Crippen LogP contribution in [-0.2, 0) is 11.3 Å². The number of anilines is 2. The number of hydrogen-bond acceptors (Lipinski definition) is 4. The van der Waals surface area contributed by atoms with Crippen LogP contribution in [0.2, 0.25) is 0 Å². The summed E-state index contributed by atoms with van der Waals surface area (Å²) in [5.41, 5.74) is 2.57. The summed E-state index contributed by atoms with van der Waals surface area (Å²) >= 11 is 0. The molecular weight excluding hydrogens is 342 g/mol. The molecule has 1 saturated carbocycles. The Labute approximate surface area is 156 Å². The van der Waals surface area contributed by atoms with Crippen molar-refractivity contribution in [3.8, 4) is 0 Å². The molecule has 1 aliphatic rings. The van der Waals surface area contributed by atoms with E-state index in [1.165, 1.54) is 0 Å². The van der Waals surface area contributed by atoms with Gasteiger partial charge in [0.05, 0.1) is 12.7 Å². The van der Waals surface area contributed by atoms with Gasteiger partial charge in [-0.15, -0.1) is 5.10 Å². The Morgan fingerprint density at radius 2 is 1.74 bits per heavy atom. The van der Waals surface area contributed by atoms with Gasteiger partial charge in [0, 0.05) is 17.3 Å². The SMILES string of the molecule is O=C(Nc1cccc(NC(=O)C2CC2)c1)c1cn(Cc2ccccc2)nn1. The Morgan fingerprint density at radius 3 is 2.48 bits per heavy atom. The van der Waals surface area contributed by atoms with Gasteiger partial charge in [-0.1, -0.05) is 41.6 Å².